The smallest absolute Gasteiger partial charge is 0.132 e. The second-order valence-corrected chi connectivity index (χ2v) is 15.8. The van der Waals surface area contributed by atoms with Crippen LogP contribution in [0.15, 0.2) is 218 Å². The Morgan fingerprint density at radius 3 is 1.80 bits per heavy atom. The quantitative estimate of drug-likeness (QED) is 0.173. The Balaban J connectivity index is 1.06. The summed E-state index contributed by atoms with van der Waals surface area (Å²) in [6, 6.07) is 79.8. The Kier molecular flexibility index (Phi) is 7.79. The van der Waals surface area contributed by atoms with Crippen molar-refractivity contribution >= 4 is 55.8 Å². The van der Waals surface area contributed by atoms with Crippen molar-refractivity contribution in [1.82, 2.24) is 4.57 Å². The Hall–Kier alpha value is -7.82. The topological polar surface area (TPSA) is 14.7 Å². The number of hydrogen-bond donors (Lipinski definition) is 0. The van der Waals surface area contributed by atoms with Gasteiger partial charge in [0.05, 0.1) is 34.0 Å². The average Bonchev–Trinajstić information content (AvgIpc) is 3.77. The van der Waals surface area contributed by atoms with Crippen LogP contribution in [0.25, 0.3) is 60.9 Å². The Labute approximate surface area is 350 Å². The molecular weight excluding hydrogens is 729 g/mol. The summed E-state index contributed by atoms with van der Waals surface area (Å²) in [5.74, 6) is 0. The molecule has 0 N–H and O–H groups in total. The highest BCUT2D eigenvalue weighted by atomic mass is 15.4. The normalized spacial score (nSPS) is 14.2. The summed E-state index contributed by atoms with van der Waals surface area (Å²) in [5, 5.41) is 3.74. The zero-order valence-corrected chi connectivity index (χ0v) is 33.2. The lowest BCUT2D eigenvalue weighted by atomic mass is 9.97. The molecule has 0 amide bonds. The molecule has 0 spiro atoms. The van der Waals surface area contributed by atoms with Crippen molar-refractivity contribution in [2.24, 2.45) is 0 Å². The minimum absolute atomic E-state index is 0.00471. The van der Waals surface area contributed by atoms with Crippen LogP contribution in [0.2, 0.25) is 0 Å². The van der Waals surface area contributed by atoms with Gasteiger partial charge in [0.25, 0.3) is 0 Å². The van der Waals surface area contributed by atoms with Gasteiger partial charge in [0.2, 0.25) is 0 Å². The molecule has 1 unspecified atom stereocenters. The van der Waals surface area contributed by atoms with Gasteiger partial charge in [-0.15, -0.1) is 0 Å². The van der Waals surface area contributed by atoms with Crippen LogP contribution < -0.4 is 14.7 Å². The summed E-state index contributed by atoms with van der Waals surface area (Å²) in [4.78, 5) is 7.37. The number of benzene rings is 9. The molecule has 60 heavy (non-hydrogen) atoms. The van der Waals surface area contributed by atoms with E-state index < -0.39 is 0 Å². The first-order chi connectivity index (χ1) is 29.7. The van der Waals surface area contributed by atoms with Crippen LogP contribution in [-0.2, 0) is 0 Å². The Morgan fingerprint density at radius 2 is 1.00 bits per heavy atom. The molecule has 1 aromatic heterocycles. The van der Waals surface area contributed by atoms with Crippen LogP contribution in [-0.4, -0.2) is 11.6 Å². The summed E-state index contributed by atoms with van der Waals surface area (Å²) in [6.07, 6.45) is 0.00471. The molecule has 10 aromatic rings. The van der Waals surface area contributed by atoms with Crippen molar-refractivity contribution in [3.8, 4) is 39.2 Å². The monoisotopic (exact) mass is 768 g/mol. The second kappa shape index (κ2) is 13.6. The van der Waals surface area contributed by atoms with Gasteiger partial charge in [-0.2, -0.15) is 0 Å². The third-order valence-electron chi connectivity index (χ3n) is 12.5. The first kappa shape index (κ1) is 34.2. The van der Waals surface area contributed by atoms with E-state index in [4.69, 9.17) is 0 Å². The van der Waals surface area contributed by atoms with Crippen molar-refractivity contribution in [3.05, 3.63) is 224 Å². The van der Waals surface area contributed by atoms with Gasteiger partial charge in [-0.3, -0.25) is 0 Å². The van der Waals surface area contributed by atoms with E-state index in [2.05, 4.69) is 245 Å². The number of hydrogen-bond acceptors (Lipinski definition) is 3. The number of para-hydroxylation sites is 4. The van der Waals surface area contributed by atoms with E-state index in [0.717, 1.165) is 28.4 Å². The second-order valence-electron chi connectivity index (χ2n) is 15.8. The van der Waals surface area contributed by atoms with Gasteiger partial charge in [-0.1, -0.05) is 158 Å². The third kappa shape index (κ3) is 5.17. The summed E-state index contributed by atoms with van der Waals surface area (Å²) >= 11 is 0. The minimum atomic E-state index is 0.00471. The van der Waals surface area contributed by atoms with Crippen LogP contribution >= 0.6 is 0 Å². The van der Waals surface area contributed by atoms with Crippen molar-refractivity contribution in [3.63, 3.8) is 0 Å². The van der Waals surface area contributed by atoms with Gasteiger partial charge >= 0.3 is 0 Å². The number of nitrogens with zero attached hydrogens (tertiary/aromatic N) is 4. The maximum absolute atomic E-state index is 2.49. The molecular formula is C56H40N4. The zero-order valence-electron chi connectivity index (χ0n) is 33.2. The SMILES string of the molecule is CN1c2ccc(N3c4ccccc4-c4c(n(-c5ccc(-c6cccc7ccccc67)cc5)c5ccccc45)-c4ccccc43)cc2N(c2ccccc2)C1c1ccccc1. The number of rotatable bonds is 5. The first-order valence-corrected chi connectivity index (χ1v) is 20.7. The van der Waals surface area contributed by atoms with Crippen LogP contribution in [0, 0.1) is 0 Å². The van der Waals surface area contributed by atoms with Gasteiger partial charge in [0, 0.05) is 46.2 Å². The third-order valence-corrected chi connectivity index (χ3v) is 12.5. The molecule has 2 aliphatic rings. The Morgan fingerprint density at radius 1 is 0.400 bits per heavy atom. The number of aromatic nitrogens is 1. The minimum Gasteiger partial charge on any atom is -0.349 e. The van der Waals surface area contributed by atoms with E-state index in [1.165, 1.54) is 72.1 Å². The standard InChI is InChI=1S/C56H40N4/c1-57-52-36-35-43(37-53(52)60(41-21-6-3-7-22-41)56(57)40-18-4-2-5-19-40)58-49-28-13-10-24-46(49)54-47-25-11-14-29-50(47)59(55(54)48-26-12-15-30-51(48)58)42-33-31-39(32-34-42)45-27-16-20-38-17-8-9-23-44(38)45/h2-37,56H,1H3. The zero-order chi connectivity index (χ0) is 39.7. The molecule has 0 aliphatic carbocycles. The van der Waals surface area contributed by atoms with Crippen molar-refractivity contribution in [2.45, 2.75) is 6.17 Å². The highest BCUT2D eigenvalue weighted by Gasteiger charge is 2.37. The molecule has 9 aromatic carbocycles. The van der Waals surface area contributed by atoms with Crippen LogP contribution in [0.4, 0.5) is 34.1 Å². The van der Waals surface area contributed by atoms with Crippen LogP contribution in [0.3, 0.4) is 0 Å². The summed E-state index contributed by atoms with van der Waals surface area (Å²) in [5.41, 5.74) is 17.7. The maximum Gasteiger partial charge on any atom is 0.132 e. The van der Waals surface area contributed by atoms with Crippen molar-refractivity contribution in [1.29, 1.82) is 0 Å². The van der Waals surface area contributed by atoms with E-state index in [-0.39, 0.29) is 6.17 Å². The van der Waals surface area contributed by atoms with Crippen molar-refractivity contribution in [2.75, 3.05) is 21.7 Å². The lowest BCUT2D eigenvalue weighted by Gasteiger charge is -2.31. The molecule has 0 saturated carbocycles. The molecule has 12 rings (SSSR count). The highest BCUT2D eigenvalue weighted by Crippen LogP contribution is 2.57. The highest BCUT2D eigenvalue weighted by molar-refractivity contribution is 6.13. The number of anilines is 6. The van der Waals surface area contributed by atoms with Crippen LogP contribution in [0.1, 0.15) is 11.7 Å². The van der Waals surface area contributed by atoms with E-state index in [9.17, 15) is 0 Å². The molecule has 4 nitrogen and oxygen atoms in total. The van der Waals surface area contributed by atoms with Crippen LogP contribution in [0.5, 0.6) is 0 Å². The van der Waals surface area contributed by atoms with Gasteiger partial charge < -0.3 is 19.3 Å². The average molecular weight is 769 g/mol. The molecule has 1 atom stereocenters. The van der Waals surface area contributed by atoms with Gasteiger partial charge in [0.1, 0.15) is 6.17 Å². The van der Waals surface area contributed by atoms with E-state index in [0.29, 0.717) is 0 Å². The fourth-order valence-electron chi connectivity index (χ4n) is 9.91. The summed E-state index contributed by atoms with van der Waals surface area (Å²) in [7, 11) is 2.21. The van der Waals surface area contributed by atoms with Crippen molar-refractivity contribution < 1.29 is 0 Å². The number of fused-ring (bicyclic) bond motifs is 9. The predicted molar refractivity (Wildman–Crippen MR) is 251 cm³/mol. The summed E-state index contributed by atoms with van der Waals surface area (Å²) in [6.45, 7) is 0. The van der Waals surface area contributed by atoms with E-state index in [1.54, 1.807) is 0 Å². The summed E-state index contributed by atoms with van der Waals surface area (Å²) < 4.78 is 2.48. The maximum atomic E-state index is 2.49. The Bertz CT molecular complexity index is 3230. The molecule has 284 valence electrons. The molecule has 0 saturated heterocycles. The first-order valence-electron chi connectivity index (χ1n) is 20.7. The fraction of sp³-hybridized carbons (Fsp3) is 0.0357. The van der Waals surface area contributed by atoms with E-state index >= 15 is 0 Å². The fourth-order valence-corrected chi connectivity index (χ4v) is 9.91. The molecule has 0 fully saturated rings. The lowest BCUT2D eigenvalue weighted by Crippen LogP contribution is -2.30. The molecule has 4 heteroatoms. The molecule has 0 radical (unpaired) electrons. The predicted octanol–water partition coefficient (Wildman–Crippen LogP) is 14.9. The molecule has 3 heterocycles. The van der Waals surface area contributed by atoms with Gasteiger partial charge in [0.15, 0.2) is 0 Å². The largest absolute Gasteiger partial charge is 0.349 e. The molecule has 2 aliphatic heterocycles. The lowest BCUT2D eigenvalue weighted by molar-refractivity contribution is 0.719. The van der Waals surface area contributed by atoms with Gasteiger partial charge in [-0.25, -0.2) is 0 Å². The van der Waals surface area contributed by atoms with E-state index in [1.807, 2.05) is 0 Å². The molecule has 0 bridgehead atoms. The van der Waals surface area contributed by atoms with Gasteiger partial charge in [-0.05, 0) is 88.1 Å².